The molecule has 14 heavy (non-hydrogen) atoms. The van der Waals surface area contributed by atoms with Gasteiger partial charge >= 0.3 is 0 Å². The Kier molecular flexibility index (Phi) is 3.55. The molecule has 1 aliphatic rings. The Morgan fingerprint density at radius 1 is 1.43 bits per heavy atom. The van der Waals surface area contributed by atoms with E-state index >= 15 is 0 Å². The molecule has 1 N–H and O–H groups in total. The van der Waals surface area contributed by atoms with Crippen LogP contribution in [0.5, 0.6) is 0 Å². The van der Waals surface area contributed by atoms with Crippen LogP contribution < -0.4 is 0 Å². The van der Waals surface area contributed by atoms with E-state index in [1.807, 2.05) is 6.92 Å². The van der Waals surface area contributed by atoms with Gasteiger partial charge in [-0.05, 0) is 38.5 Å². The van der Waals surface area contributed by atoms with E-state index in [1.165, 1.54) is 0 Å². The zero-order valence-corrected chi connectivity index (χ0v) is 9.51. The van der Waals surface area contributed by atoms with Gasteiger partial charge in [-0.25, -0.2) is 0 Å². The van der Waals surface area contributed by atoms with Crippen LogP contribution in [-0.4, -0.2) is 32.0 Å². The second kappa shape index (κ2) is 4.16. The van der Waals surface area contributed by atoms with Gasteiger partial charge in [0.1, 0.15) is 0 Å². The van der Waals surface area contributed by atoms with Crippen molar-refractivity contribution in [3.8, 4) is 0 Å². The highest BCUT2D eigenvalue weighted by Gasteiger charge is 2.29. The predicted octanol–water partition coefficient (Wildman–Crippen LogP) is 0.904. The summed E-state index contributed by atoms with van der Waals surface area (Å²) in [4.78, 5) is 0. The first kappa shape index (κ1) is 11.9. The van der Waals surface area contributed by atoms with Gasteiger partial charge in [0, 0.05) is 0 Å². The SMILES string of the molecule is CC1(O)CCC(COS(C)(=O)=O)CC1. The molecular formula is C9H18O4S. The summed E-state index contributed by atoms with van der Waals surface area (Å²) in [7, 11) is -3.31. The van der Waals surface area contributed by atoms with Crippen molar-refractivity contribution in [2.24, 2.45) is 5.92 Å². The largest absolute Gasteiger partial charge is 0.390 e. The van der Waals surface area contributed by atoms with Gasteiger partial charge in [0.2, 0.25) is 0 Å². The molecule has 5 heteroatoms. The maximum Gasteiger partial charge on any atom is 0.264 e. The minimum absolute atomic E-state index is 0.259. The normalized spacial score (nSPS) is 34.4. The zero-order chi connectivity index (χ0) is 10.8. The number of hydrogen-bond acceptors (Lipinski definition) is 4. The number of hydrogen-bond donors (Lipinski definition) is 1. The first-order chi connectivity index (χ1) is 6.29. The van der Waals surface area contributed by atoms with Crippen molar-refractivity contribution in [3.63, 3.8) is 0 Å². The maximum absolute atomic E-state index is 10.7. The van der Waals surface area contributed by atoms with E-state index in [0.717, 1.165) is 31.9 Å². The summed E-state index contributed by atoms with van der Waals surface area (Å²) < 4.78 is 26.2. The van der Waals surface area contributed by atoms with Gasteiger partial charge < -0.3 is 5.11 Å². The van der Waals surface area contributed by atoms with E-state index in [-0.39, 0.29) is 12.5 Å². The van der Waals surface area contributed by atoms with Crippen LogP contribution in [0.4, 0.5) is 0 Å². The molecule has 0 amide bonds. The molecule has 0 saturated heterocycles. The van der Waals surface area contributed by atoms with Crippen molar-refractivity contribution < 1.29 is 17.7 Å². The molecule has 1 fully saturated rings. The van der Waals surface area contributed by atoms with Gasteiger partial charge in [0.15, 0.2) is 0 Å². The molecule has 1 aliphatic carbocycles. The van der Waals surface area contributed by atoms with E-state index in [1.54, 1.807) is 0 Å². The Balaban J connectivity index is 2.30. The summed E-state index contributed by atoms with van der Waals surface area (Å²) in [6, 6.07) is 0. The lowest BCUT2D eigenvalue weighted by molar-refractivity contribution is 0.00205. The molecule has 0 bridgehead atoms. The van der Waals surface area contributed by atoms with Crippen molar-refractivity contribution in [1.82, 2.24) is 0 Å². The predicted molar refractivity (Wildman–Crippen MR) is 53.4 cm³/mol. The van der Waals surface area contributed by atoms with Crippen LogP contribution >= 0.6 is 0 Å². The molecule has 0 atom stereocenters. The lowest BCUT2D eigenvalue weighted by atomic mass is 9.80. The van der Waals surface area contributed by atoms with Crippen LogP contribution in [0.3, 0.4) is 0 Å². The van der Waals surface area contributed by atoms with Gasteiger partial charge in [0.05, 0.1) is 18.5 Å². The summed E-state index contributed by atoms with van der Waals surface area (Å²) in [5, 5.41) is 9.66. The monoisotopic (exact) mass is 222 g/mol. The lowest BCUT2D eigenvalue weighted by Gasteiger charge is -2.32. The van der Waals surface area contributed by atoms with Gasteiger partial charge in [-0.1, -0.05) is 0 Å². The third kappa shape index (κ3) is 4.39. The van der Waals surface area contributed by atoms with Gasteiger partial charge in [-0.2, -0.15) is 8.42 Å². The highest BCUT2D eigenvalue weighted by molar-refractivity contribution is 7.85. The molecular weight excluding hydrogens is 204 g/mol. The van der Waals surface area contributed by atoms with E-state index < -0.39 is 15.7 Å². The van der Waals surface area contributed by atoms with Crippen LogP contribution in [0.2, 0.25) is 0 Å². The zero-order valence-electron chi connectivity index (χ0n) is 8.69. The maximum atomic E-state index is 10.7. The summed E-state index contributed by atoms with van der Waals surface area (Å²) in [6.07, 6.45) is 4.19. The average molecular weight is 222 g/mol. The fourth-order valence-electron chi connectivity index (χ4n) is 1.69. The smallest absolute Gasteiger partial charge is 0.264 e. The Bertz CT molecular complexity index is 271. The molecule has 0 unspecified atom stereocenters. The summed E-state index contributed by atoms with van der Waals surface area (Å²) >= 11 is 0. The van der Waals surface area contributed by atoms with Crippen LogP contribution in [-0.2, 0) is 14.3 Å². The van der Waals surface area contributed by atoms with E-state index in [0.29, 0.717) is 0 Å². The van der Waals surface area contributed by atoms with Gasteiger partial charge in [-0.15, -0.1) is 0 Å². The Hall–Kier alpha value is -0.130. The molecule has 1 saturated carbocycles. The molecule has 0 aromatic heterocycles. The minimum atomic E-state index is -3.31. The molecule has 0 aromatic carbocycles. The fraction of sp³-hybridized carbons (Fsp3) is 1.00. The average Bonchev–Trinajstić information content (AvgIpc) is 2.01. The van der Waals surface area contributed by atoms with Crippen LogP contribution in [0.15, 0.2) is 0 Å². The van der Waals surface area contributed by atoms with Gasteiger partial charge in [-0.3, -0.25) is 4.18 Å². The van der Waals surface area contributed by atoms with Crippen molar-refractivity contribution in [1.29, 1.82) is 0 Å². The standard InChI is InChI=1S/C9H18O4S/c1-9(10)5-3-8(4-6-9)7-13-14(2,11)12/h8,10H,3-7H2,1-2H3. The van der Waals surface area contributed by atoms with E-state index in [4.69, 9.17) is 4.18 Å². The highest BCUT2D eigenvalue weighted by Crippen LogP contribution is 2.31. The Labute approximate surface area is 85.4 Å². The number of rotatable bonds is 3. The minimum Gasteiger partial charge on any atom is -0.390 e. The molecule has 1 rings (SSSR count). The van der Waals surface area contributed by atoms with Gasteiger partial charge in [0.25, 0.3) is 10.1 Å². The third-order valence-corrected chi connectivity index (χ3v) is 3.26. The Morgan fingerprint density at radius 2 is 1.93 bits per heavy atom. The number of aliphatic hydroxyl groups is 1. The molecule has 0 aromatic rings. The quantitative estimate of drug-likeness (QED) is 0.721. The van der Waals surface area contributed by atoms with Crippen molar-refractivity contribution >= 4 is 10.1 Å². The van der Waals surface area contributed by atoms with Crippen LogP contribution in [0, 0.1) is 5.92 Å². The van der Waals surface area contributed by atoms with Crippen LogP contribution in [0.25, 0.3) is 0 Å². The fourth-order valence-corrected chi connectivity index (χ4v) is 2.13. The van der Waals surface area contributed by atoms with E-state index in [9.17, 15) is 13.5 Å². The van der Waals surface area contributed by atoms with Crippen molar-refractivity contribution in [3.05, 3.63) is 0 Å². The first-order valence-electron chi connectivity index (χ1n) is 4.85. The second-order valence-corrected chi connectivity index (χ2v) is 6.07. The van der Waals surface area contributed by atoms with Crippen molar-refractivity contribution in [2.45, 2.75) is 38.2 Å². The molecule has 0 spiro atoms. The molecule has 0 radical (unpaired) electrons. The molecule has 84 valence electrons. The Morgan fingerprint density at radius 3 is 2.36 bits per heavy atom. The van der Waals surface area contributed by atoms with Crippen LogP contribution in [0.1, 0.15) is 32.6 Å². The molecule has 0 aliphatic heterocycles. The first-order valence-corrected chi connectivity index (χ1v) is 6.67. The lowest BCUT2D eigenvalue weighted by Crippen LogP contribution is -2.32. The highest BCUT2D eigenvalue weighted by atomic mass is 32.2. The van der Waals surface area contributed by atoms with E-state index in [2.05, 4.69) is 0 Å². The topological polar surface area (TPSA) is 63.6 Å². The second-order valence-electron chi connectivity index (χ2n) is 4.43. The van der Waals surface area contributed by atoms with Crippen molar-refractivity contribution in [2.75, 3.05) is 12.9 Å². The summed E-state index contributed by atoms with van der Waals surface area (Å²) in [5.74, 6) is 0.268. The molecule has 4 nitrogen and oxygen atoms in total. The summed E-state index contributed by atoms with van der Waals surface area (Å²) in [6.45, 7) is 2.08. The third-order valence-electron chi connectivity index (χ3n) is 2.70. The molecule has 0 heterocycles. The summed E-state index contributed by atoms with van der Waals surface area (Å²) in [5.41, 5.74) is -0.568.